The summed E-state index contributed by atoms with van der Waals surface area (Å²) in [6, 6.07) is 10.5. The van der Waals surface area contributed by atoms with Gasteiger partial charge < -0.3 is 4.84 Å². The Hall–Kier alpha value is -1.97. The van der Waals surface area contributed by atoms with Crippen LogP contribution in [0.4, 0.5) is 18.9 Å². The van der Waals surface area contributed by atoms with Crippen molar-refractivity contribution in [3.05, 3.63) is 63.6 Å². The van der Waals surface area contributed by atoms with Crippen molar-refractivity contribution in [3.8, 4) is 0 Å². The number of hydrogen-bond acceptors (Lipinski definition) is 4. The van der Waals surface area contributed by atoms with Crippen molar-refractivity contribution in [3.63, 3.8) is 0 Å². The Balaban J connectivity index is 2.26. The quantitative estimate of drug-likeness (QED) is 0.495. The monoisotopic (exact) mass is 440 g/mol. The molecule has 0 aromatic heterocycles. The van der Waals surface area contributed by atoms with E-state index >= 15 is 0 Å². The predicted molar refractivity (Wildman–Crippen MR) is 98.5 cm³/mol. The minimum absolute atomic E-state index is 0.0151. The van der Waals surface area contributed by atoms with Crippen LogP contribution in [0.2, 0.25) is 10.0 Å². The maximum Gasteiger partial charge on any atom is 0.516 e. The highest BCUT2D eigenvalue weighted by Gasteiger charge is 2.46. The van der Waals surface area contributed by atoms with E-state index in [1.165, 1.54) is 23.8 Å². The smallest absolute Gasteiger partial charge is 0.391 e. The van der Waals surface area contributed by atoms with Gasteiger partial charge in [0.05, 0.1) is 11.4 Å². The second-order valence-electron chi connectivity index (χ2n) is 5.28. The summed E-state index contributed by atoms with van der Waals surface area (Å²) in [6.45, 7) is 1.45. The lowest BCUT2D eigenvalue weighted by Gasteiger charge is -2.14. The lowest BCUT2D eigenvalue weighted by Crippen LogP contribution is -2.30. The van der Waals surface area contributed by atoms with Crippen LogP contribution in [0.15, 0.2) is 47.6 Å². The second-order valence-corrected chi connectivity index (χ2v) is 7.80. The summed E-state index contributed by atoms with van der Waals surface area (Å²) in [6.07, 6.45) is 0. The van der Waals surface area contributed by atoms with Crippen LogP contribution < -0.4 is 4.72 Å². The Bertz CT molecular complexity index is 964. The highest BCUT2D eigenvalue weighted by Crippen LogP contribution is 2.29. The van der Waals surface area contributed by atoms with Gasteiger partial charge in [0.15, 0.2) is 0 Å². The zero-order chi connectivity index (χ0) is 20.2. The molecule has 0 fully saturated rings. The molecule has 0 spiro atoms. The molecule has 0 saturated carbocycles. The van der Waals surface area contributed by atoms with Crippen LogP contribution >= 0.6 is 23.2 Å². The zero-order valence-corrected chi connectivity index (χ0v) is 16.0. The molecule has 0 unspecified atom stereocenters. The summed E-state index contributed by atoms with van der Waals surface area (Å²) in [5.74, 6) is 0. The first kappa shape index (κ1) is 21.3. The van der Waals surface area contributed by atoms with E-state index in [0.29, 0.717) is 10.6 Å². The summed E-state index contributed by atoms with van der Waals surface area (Å²) < 4.78 is 62.1. The molecule has 1 N–H and O–H groups in total. The van der Waals surface area contributed by atoms with Crippen molar-refractivity contribution in [1.29, 1.82) is 0 Å². The Morgan fingerprint density at radius 2 is 1.85 bits per heavy atom. The highest BCUT2D eigenvalue weighted by atomic mass is 35.5. The maximum absolute atomic E-state index is 12.6. The van der Waals surface area contributed by atoms with Gasteiger partial charge in [0, 0.05) is 21.2 Å². The van der Waals surface area contributed by atoms with Gasteiger partial charge in [-0.25, -0.2) is 0 Å². The molecule has 2 aromatic carbocycles. The van der Waals surface area contributed by atoms with Crippen LogP contribution in [0.25, 0.3) is 0 Å². The number of rotatable bonds is 6. The van der Waals surface area contributed by atoms with Crippen LogP contribution in [-0.4, -0.2) is 19.6 Å². The van der Waals surface area contributed by atoms with E-state index in [2.05, 4.69) is 5.16 Å². The zero-order valence-electron chi connectivity index (χ0n) is 13.7. The van der Waals surface area contributed by atoms with Gasteiger partial charge in [-0.2, -0.15) is 21.6 Å². The minimum atomic E-state index is -5.60. The van der Waals surface area contributed by atoms with Gasteiger partial charge in [0.1, 0.15) is 6.61 Å². The number of alkyl halides is 3. The molecule has 2 aromatic rings. The first-order valence-electron chi connectivity index (χ1n) is 7.30. The average Bonchev–Trinajstić information content (AvgIpc) is 2.57. The summed E-state index contributed by atoms with van der Waals surface area (Å²) in [7, 11) is -5.60. The SMILES string of the molecule is CC(=NOCc1ccccc1Cl)c1cc(Cl)ccc1NS(=O)(=O)C(F)(F)F. The van der Waals surface area contributed by atoms with E-state index in [1.54, 1.807) is 24.3 Å². The molecule has 0 heterocycles. The number of benzene rings is 2. The standard InChI is InChI=1S/C16H13Cl2F3N2O3S/c1-10(22-26-9-11-4-2-3-5-14(11)18)13-8-12(17)6-7-15(13)23-27(24,25)16(19,20)21/h2-8,23H,9H2,1H3. The van der Waals surface area contributed by atoms with Gasteiger partial charge in [0.2, 0.25) is 0 Å². The van der Waals surface area contributed by atoms with Crippen molar-refractivity contribution >= 4 is 44.6 Å². The average molecular weight is 441 g/mol. The third kappa shape index (κ3) is 5.50. The molecular formula is C16H13Cl2F3N2O3S. The van der Waals surface area contributed by atoms with Gasteiger partial charge in [-0.05, 0) is 31.2 Å². The first-order valence-corrected chi connectivity index (χ1v) is 9.54. The van der Waals surface area contributed by atoms with Crippen molar-refractivity contribution in [2.45, 2.75) is 19.0 Å². The topological polar surface area (TPSA) is 67.8 Å². The number of halogens is 5. The first-order chi connectivity index (χ1) is 12.5. The maximum atomic E-state index is 12.6. The molecule has 0 atom stereocenters. The summed E-state index contributed by atoms with van der Waals surface area (Å²) in [5, 5.41) is 4.45. The molecule has 0 aliphatic carbocycles. The summed E-state index contributed by atoms with van der Waals surface area (Å²) >= 11 is 11.8. The van der Waals surface area contributed by atoms with E-state index in [-0.39, 0.29) is 28.6 Å². The molecule has 0 amide bonds. The molecule has 11 heteroatoms. The van der Waals surface area contributed by atoms with Gasteiger partial charge in [-0.3, -0.25) is 4.72 Å². The van der Waals surface area contributed by atoms with Gasteiger partial charge in [-0.1, -0.05) is 46.6 Å². The molecule has 5 nitrogen and oxygen atoms in total. The van der Waals surface area contributed by atoms with Crippen LogP contribution in [-0.2, 0) is 21.5 Å². The second kappa shape index (κ2) is 8.37. The van der Waals surface area contributed by atoms with Crippen LogP contribution in [0.5, 0.6) is 0 Å². The third-order valence-corrected chi connectivity index (χ3v) is 5.00. The van der Waals surface area contributed by atoms with Crippen molar-refractivity contribution in [2.24, 2.45) is 5.16 Å². The molecule has 0 radical (unpaired) electrons. The Labute approximate surface area is 163 Å². The van der Waals surface area contributed by atoms with Gasteiger partial charge in [-0.15, -0.1) is 0 Å². The van der Waals surface area contributed by atoms with Crippen molar-refractivity contribution < 1.29 is 26.4 Å². The molecule has 0 aliphatic heterocycles. The van der Waals surface area contributed by atoms with Crippen LogP contribution in [0.3, 0.4) is 0 Å². The van der Waals surface area contributed by atoms with Gasteiger partial charge in [0.25, 0.3) is 0 Å². The highest BCUT2D eigenvalue weighted by molar-refractivity contribution is 7.93. The van der Waals surface area contributed by atoms with E-state index < -0.39 is 15.5 Å². The number of oxime groups is 1. The number of sulfonamides is 1. The predicted octanol–water partition coefficient (Wildman–Crippen LogP) is 5.20. The van der Waals surface area contributed by atoms with E-state index in [0.717, 1.165) is 6.07 Å². The van der Waals surface area contributed by atoms with Crippen molar-refractivity contribution in [2.75, 3.05) is 4.72 Å². The molecule has 0 bridgehead atoms. The molecular weight excluding hydrogens is 428 g/mol. The Morgan fingerprint density at radius 1 is 1.19 bits per heavy atom. The lowest BCUT2D eigenvalue weighted by atomic mass is 10.1. The summed E-state index contributed by atoms with van der Waals surface area (Å²) in [5.41, 5.74) is -4.99. The van der Waals surface area contributed by atoms with E-state index in [1.807, 2.05) is 0 Å². The minimum Gasteiger partial charge on any atom is -0.391 e. The largest absolute Gasteiger partial charge is 0.516 e. The molecule has 2 rings (SSSR count). The third-order valence-electron chi connectivity index (χ3n) is 3.30. The molecule has 27 heavy (non-hydrogen) atoms. The van der Waals surface area contributed by atoms with E-state index in [4.69, 9.17) is 28.0 Å². The Kier molecular flexibility index (Phi) is 6.61. The molecule has 146 valence electrons. The van der Waals surface area contributed by atoms with Crippen molar-refractivity contribution in [1.82, 2.24) is 0 Å². The fourth-order valence-electron chi connectivity index (χ4n) is 1.97. The van der Waals surface area contributed by atoms with Crippen LogP contribution in [0.1, 0.15) is 18.1 Å². The Morgan fingerprint density at radius 3 is 2.48 bits per heavy atom. The number of anilines is 1. The summed E-state index contributed by atoms with van der Waals surface area (Å²) in [4.78, 5) is 5.17. The van der Waals surface area contributed by atoms with E-state index in [9.17, 15) is 21.6 Å². The van der Waals surface area contributed by atoms with Crippen LogP contribution in [0, 0.1) is 0 Å². The van der Waals surface area contributed by atoms with Gasteiger partial charge >= 0.3 is 15.5 Å². The normalized spacial score (nSPS) is 12.7. The molecule has 0 saturated heterocycles. The fraction of sp³-hybridized carbons (Fsp3) is 0.188. The lowest BCUT2D eigenvalue weighted by molar-refractivity contribution is -0.0429. The fourth-order valence-corrected chi connectivity index (χ4v) is 2.92. The number of nitrogens with zero attached hydrogens (tertiary/aromatic N) is 1. The number of nitrogens with one attached hydrogen (secondary N) is 1. The molecule has 0 aliphatic rings. The number of hydrogen-bond donors (Lipinski definition) is 1.